The molecule has 1 amide bonds. The Labute approximate surface area is 102 Å². The molecule has 3 nitrogen and oxygen atoms in total. The average Bonchev–Trinajstić information content (AvgIpc) is 2.48. The molecule has 2 rings (SSSR count). The molecule has 88 valence electrons. The van der Waals surface area contributed by atoms with Crippen LogP contribution in [0.15, 0.2) is 24.3 Å². The lowest BCUT2D eigenvalue weighted by Gasteiger charge is -2.33. The van der Waals surface area contributed by atoms with Gasteiger partial charge in [-0.2, -0.15) is 5.26 Å². The Kier molecular flexibility index (Phi) is 2.66. The summed E-state index contributed by atoms with van der Waals surface area (Å²) in [6.45, 7) is 5.90. The Morgan fingerprint density at radius 2 is 2.18 bits per heavy atom. The van der Waals surface area contributed by atoms with Crippen molar-refractivity contribution in [3.63, 3.8) is 0 Å². The van der Waals surface area contributed by atoms with Gasteiger partial charge in [0.25, 0.3) is 0 Å². The zero-order valence-electron chi connectivity index (χ0n) is 10.4. The topological polar surface area (TPSA) is 44.1 Å². The van der Waals surface area contributed by atoms with Gasteiger partial charge in [0.2, 0.25) is 5.91 Å². The maximum absolute atomic E-state index is 12.0. The highest BCUT2D eigenvalue weighted by molar-refractivity contribution is 5.98. The molecule has 1 aromatic carbocycles. The lowest BCUT2D eigenvalue weighted by atomic mass is 9.89. The number of hydrogen-bond acceptors (Lipinski definition) is 2. The van der Waals surface area contributed by atoms with E-state index in [2.05, 4.69) is 6.07 Å². The van der Waals surface area contributed by atoms with Crippen molar-refractivity contribution < 1.29 is 4.79 Å². The van der Waals surface area contributed by atoms with Gasteiger partial charge in [-0.05, 0) is 38.5 Å². The van der Waals surface area contributed by atoms with Crippen molar-refractivity contribution in [2.75, 3.05) is 4.90 Å². The van der Waals surface area contributed by atoms with Gasteiger partial charge in [-0.25, -0.2) is 0 Å². The van der Waals surface area contributed by atoms with E-state index in [0.717, 1.165) is 11.3 Å². The average molecular weight is 228 g/mol. The van der Waals surface area contributed by atoms with Crippen LogP contribution >= 0.6 is 0 Å². The number of benzene rings is 1. The van der Waals surface area contributed by atoms with Gasteiger partial charge in [0, 0.05) is 12.1 Å². The second-order valence-electron chi connectivity index (χ2n) is 5.11. The molecule has 0 aliphatic carbocycles. The van der Waals surface area contributed by atoms with Crippen LogP contribution in [0.25, 0.3) is 0 Å². The molecule has 0 N–H and O–H groups in total. The number of aryl methyl sites for hydroxylation is 1. The molecule has 1 heterocycles. The van der Waals surface area contributed by atoms with E-state index in [9.17, 15) is 4.79 Å². The van der Waals surface area contributed by atoms with Crippen LogP contribution in [0, 0.1) is 24.2 Å². The van der Waals surface area contributed by atoms with Crippen molar-refractivity contribution in [2.45, 2.75) is 32.7 Å². The van der Waals surface area contributed by atoms with Crippen LogP contribution in [-0.4, -0.2) is 11.4 Å². The summed E-state index contributed by atoms with van der Waals surface area (Å²) >= 11 is 0. The fraction of sp³-hybridized carbons (Fsp3) is 0.429. The van der Waals surface area contributed by atoms with Crippen molar-refractivity contribution in [1.29, 1.82) is 5.26 Å². The molecule has 1 fully saturated rings. The lowest BCUT2D eigenvalue weighted by Crippen LogP contribution is -2.44. The second-order valence-corrected chi connectivity index (χ2v) is 5.11. The van der Waals surface area contributed by atoms with Crippen LogP contribution in [0.5, 0.6) is 0 Å². The largest absolute Gasteiger partial charge is 0.305 e. The summed E-state index contributed by atoms with van der Waals surface area (Å²) in [4.78, 5) is 13.8. The van der Waals surface area contributed by atoms with Crippen LogP contribution in [-0.2, 0) is 4.79 Å². The van der Waals surface area contributed by atoms with Gasteiger partial charge in [-0.1, -0.05) is 12.1 Å². The normalized spacial score (nSPS) is 22.6. The number of carbonyl (C=O) groups is 1. The standard InChI is InChI=1S/C14H16N2O/c1-10-5-4-6-12(7-10)16-13(17)8-11(9-15)14(16,2)3/h4-7,11H,8H2,1-3H3. The number of carbonyl (C=O) groups excluding carboxylic acids is 1. The van der Waals surface area contributed by atoms with E-state index in [-0.39, 0.29) is 11.8 Å². The highest BCUT2D eigenvalue weighted by Crippen LogP contribution is 2.38. The minimum atomic E-state index is -0.431. The van der Waals surface area contributed by atoms with Crippen molar-refractivity contribution in [1.82, 2.24) is 0 Å². The Hall–Kier alpha value is -1.82. The minimum absolute atomic E-state index is 0.0344. The summed E-state index contributed by atoms with van der Waals surface area (Å²) in [5.41, 5.74) is 1.57. The van der Waals surface area contributed by atoms with Gasteiger partial charge in [-0.15, -0.1) is 0 Å². The number of nitriles is 1. The molecular weight excluding hydrogens is 212 g/mol. The molecule has 1 aliphatic rings. The molecule has 1 aliphatic heterocycles. The first-order valence-electron chi connectivity index (χ1n) is 5.76. The van der Waals surface area contributed by atoms with Gasteiger partial charge in [0.1, 0.15) is 0 Å². The summed E-state index contributed by atoms with van der Waals surface area (Å²) in [7, 11) is 0. The molecule has 3 heteroatoms. The van der Waals surface area contributed by atoms with Crippen molar-refractivity contribution in [3.05, 3.63) is 29.8 Å². The number of hydrogen-bond donors (Lipinski definition) is 0. The van der Waals surface area contributed by atoms with E-state index in [0.29, 0.717) is 6.42 Å². The lowest BCUT2D eigenvalue weighted by molar-refractivity contribution is -0.117. The predicted octanol–water partition coefficient (Wildman–Crippen LogP) is 2.65. The van der Waals surface area contributed by atoms with Crippen LogP contribution in [0.3, 0.4) is 0 Å². The zero-order valence-corrected chi connectivity index (χ0v) is 10.4. The molecule has 1 unspecified atom stereocenters. The van der Waals surface area contributed by atoms with Crippen molar-refractivity contribution >= 4 is 11.6 Å². The minimum Gasteiger partial charge on any atom is -0.305 e. The molecule has 0 aromatic heterocycles. The summed E-state index contributed by atoms with van der Waals surface area (Å²) in [5, 5.41) is 9.11. The number of rotatable bonds is 1. The number of nitrogens with zero attached hydrogens (tertiary/aromatic N) is 2. The van der Waals surface area contributed by atoms with Crippen LogP contribution in [0.4, 0.5) is 5.69 Å². The Morgan fingerprint density at radius 1 is 1.47 bits per heavy atom. The van der Waals surface area contributed by atoms with Crippen LogP contribution < -0.4 is 4.90 Å². The Morgan fingerprint density at radius 3 is 2.71 bits per heavy atom. The maximum Gasteiger partial charge on any atom is 0.228 e. The van der Waals surface area contributed by atoms with Crippen molar-refractivity contribution in [2.24, 2.45) is 5.92 Å². The highest BCUT2D eigenvalue weighted by Gasteiger charge is 2.47. The third-order valence-corrected chi connectivity index (χ3v) is 3.47. The van der Waals surface area contributed by atoms with E-state index in [1.54, 1.807) is 4.90 Å². The van der Waals surface area contributed by atoms with Crippen LogP contribution in [0.1, 0.15) is 25.8 Å². The molecule has 0 saturated carbocycles. The molecule has 1 saturated heterocycles. The van der Waals surface area contributed by atoms with E-state index >= 15 is 0 Å². The third-order valence-electron chi connectivity index (χ3n) is 3.47. The van der Waals surface area contributed by atoms with E-state index < -0.39 is 5.54 Å². The van der Waals surface area contributed by atoms with E-state index in [1.165, 1.54) is 0 Å². The zero-order chi connectivity index (χ0) is 12.6. The van der Waals surface area contributed by atoms with E-state index in [1.807, 2.05) is 45.0 Å². The predicted molar refractivity (Wildman–Crippen MR) is 66.5 cm³/mol. The quantitative estimate of drug-likeness (QED) is 0.741. The number of amides is 1. The Bertz CT molecular complexity index is 499. The molecule has 0 radical (unpaired) electrons. The van der Waals surface area contributed by atoms with Crippen LogP contribution in [0.2, 0.25) is 0 Å². The second kappa shape index (κ2) is 3.89. The van der Waals surface area contributed by atoms with Gasteiger partial charge in [-0.3, -0.25) is 4.79 Å². The molecule has 0 bridgehead atoms. The number of anilines is 1. The summed E-state index contributed by atoms with van der Waals surface area (Å²) in [5.74, 6) is -0.206. The first-order chi connectivity index (χ1) is 7.96. The maximum atomic E-state index is 12.0. The molecule has 17 heavy (non-hydrogen) atoms. The van der Waals surface area contributed by atoms with Gasteiger partial charge >= 0.3 is 0 Å². The first-order valence-corrected chi connectivity index (χ1v) is 5.76. The fourth-order valence-corrected chi connectivity index (χ4v) is 2.44. The summed E-state index contributed by atoms with van der Waals surface area (Å²) in [6.07, 6.45) is 0.317. The molecule has 1 aromatic rings. The third kappa shape index (κ3) is 1.80. The molecule has 1 atom stereocenters. The van der Waals surface area contributed by atoms with Gasteiger partial charge in [0.05, 0.1) is 17.5 Å². The van der Waals surface area contributed by atoms with Gasteiger partial charge in [0.15, 0.2) is 0 Å². The molecular formula is C14H16N2O. The van der Waals surface area contributed by atoms with E-state index in [4.69, 9.17) is 5.26 Å². The SMILES string of the molecule is Cc1cccc(N2C(=O)CC(C#N)C2(C)C)c1. The van der Waals surface area contributed by atoms with Crippen molar-refractivity contribution in [3.8, 4) is 6.07 Å². The summed E-state index contributed by atoms with van der Waals surface area (Å²) in [6, 6.07) is 10.1. The molecule has 0 spiro atoms. The first kappa shape index (κ1) is 11.7. The van der Waals surface area contributed by atoms with Gasteiger partial charge < -0.3 is 4.90 Å². The Balaban J connectivity index is 2.46. The fourth-order valence-electron chi connectivity index (χ4n) is 2.44. The summed E-state index contributed by atoms with van der Waals surface area (Å²) < 4.78 is 0. The smallest absolute Gasteiger partial charge is 0.228 e. The highest BCUT2D eigenvalue weighted by atomic mass is 16.2. The monoisotopic (exact) mass is 228 g/mol.